The number of hydrogen-bond donors (Lipinski definition) is 3. The summed E-state index contributed by atoms with van der Waals surface area (Å²) in [4.78, 5) is 23.3. The molecule has 20 heavy (non-hydrogen) atoms. The second kappa shape index (κ2) is 7.05. The molecule has 1 aromatic carbocycles. The average Bonchev–Trinajstić information content (AvgIpc) is 2.46. The van der Waals surface area contributed by atoms with Gasteiger partial charge in [-0.05, 0) is 37.4 Å². The molecule has 1 amide bonds. The van der Waals surface area contributed by atoms with Crippen LogP contribution in [0.4, 0.5) is 0 Å². The van der Waals surface area contributed by atoms with E-state index in [2.05, 4.69) is 10.6 Å². The topological polar surface area (TPSA) is 78.4 Å². The number of aliphatic carboxylic acids is 1. The minimum Gasteiger partial charge on any atom is -0.479 e. The monoisotopic (exact) mass is 276 g/mol. The first kappa shape index (κ1) is 14.5. The van der Waals surface area contributed by atoms with Crippen molar-refractivity contribution in [2.45, 2.75) is 25.3 Å². The van der Waals surface area contributed by atoms with Crippen LogP contribution < -0.4 is 10.6 Å². The molecule has 108 valence electrons. The van der Waals surface area contributed by atoms with Crippen LogP contribution in [0.25, 0.3) is 0 Å². The Morgan fingerprint density at radius 1 is 1.35 bits per heavy atom. The van der Waals surface area contributed by atoms with Gasteiger partial charge in [-0.3, -0.25) is 4.79 Å². The standard InChI is InChI=1S/C15H20N2O3/c18-13(9-11-5-4-8-16-10-11)17-14(15(19)20)12-6-2-1-3-7-12/h1-3,6-7,11,14,16H,4-5,8-10H2,(H,17,18)(H,19,20). The van der Waals surface area contributed by atoms with Crippen molar-refractivity contribution >= 4 is 11.9 Å². The van der Waals surface area contributed by atoms with E-state index in [9.17, 15) is 14.7 Å². The molecular weight excluding hydrogens is 256 g/mol. The molecule has 0 radical (unpaired) electrons. The van der Waals surface area contributed by atoms with Crippen molar-refractivity contribution in [3.63, 3.8) is 0 Å². The summed E-state index contributed by atoms with van der Waals surface area (Å²) in [6, 6.07) is 7.80. The van der Waals surface area contributed by atoms with E-state index >= 15 is 0 Å². The van der Waals surface area contributed by atoms with E-state index in [4.69, 9.17) is 0 Å². The van der Waals surface area contributed by atoms with Crippen LogP contribution in [0, 0.1) is 5.92 Å². The Bertz CT molecular complexity index is 455. The lowest BCUT2D eigenvalue weighted by Gasteiger charge is -2.23. The third-order valence-corrected chi connectivity index (χ3v) is 3.56. The van der Waals surface area contributed by atoms with Gasteiger partial charge in [0.1, 0.15) is 0 Å². The Hall–Kier alpha value is -1.88. The number of carbonyl (C=O) groups is 2. The Kier molecular flexibility index (Phi) is 5.12. The molecule has 0 aromatic heterocycles. The maximum Gasteiger partial charge on any atom is 0.330 e. The number of carbonyl (C=O) groups excluding carboxylic acids is 1. The average molecular weight is 276 g/mol. The lowest BCUT2D eigenvalue weighted by Crippen LogP contribution is -2.37. The van der Waals surface area contributed by atoms with Gasteiger partial charge in [0.25, 0.3) is 0 Å². The number of carboxylic acid groups (broad SMARTS) is 1. The highest BCUT2D eigenvalue weighted by Crippen LogP contribution is 2.16. The van der Waals surface area contributed by atoms with Gasteiger partial charge in [-0.25, -0.2) is 4.79 Å². The molecule has 1 aromatic rings. The van der Waals surface area contributed by atoms with Crippen LogP contribution in [-0.2, 0) is 9.59 Å². The van der Waals surface area contributed by atoms with Crippen molar-refractivity contribution in [1.82, 2.24) is 10.6 Å². The summed E-state index contributed by atoms with van der Waals surface area (Å²) in [5.74, 6) is -0.935. The fraction of sp³-hybridized carbons (Fsp3) is 0.467. The molecule has 0 aliphatic carbocycles. The molecule has 0 bridgehead atoms. The van der Waals surface area contributed by atoms with Crippen molar-refractivity contribution in [2.75, 3.05) is 13.1 Å². The molecule has 0 spiro atoms. The summed E-state index contributed by atoms with van der Waals surface area (Å²) >= 11 is 0. The fourth-order valence-corrected chi connectivity index (χ4v) is 2.51. The van der Waals surface area contributed by atoms with E-state index in [1.165, 1.54) is 0 Å². The highest BCUT2D eigenvalue weighted by molar-refractivity contribution is 5.84. The SMILES string of the molecule is O=C(CC1CCCNC1)NC(C(=O)O)c1ccccc1. The Morgan fingerprint density at radius 3 is 2.70 bits per heavy atom. The minimum atomic E-state index is -1.04. The van der Waals surface area contributed by atoms with Crippen molar-refractivity contribution < 1.29 is 14.7 Å². The molecule has 1 aliphatic heterocycles. The van der Waals surface area contributed by atoms with Crippen molar-refractivity contribution in [3.8, 4) is 0 Å². The number of piperidine rings is 1. The first-order chi connectivity index (χ1) is 9.66. The van der Waals surface area contributed by atoms with E-state index in [0.717, 1.165) is 25.9 Å². The Morgan fingerprint density at radius 2 is 2.10 bits per heavy atom. The maximum atomic E-state index is 12.0. The first-order valence-corrected chi connectivity index (χ1v) is 6.94. The minimum absolute atomic E-state index is 0.199. The number of benzene rings is 1. The molecule has 2 unspecified atom stereocenters. The van der Waals surface area contributed by atoms with Crippen molar-refractivity contribution in [2.24, 2.45) is 5.92 Å². The van der Waals surface area contributed by atoms with Gasteiger partial charge in [-0.2, -0.15) is 0 Å². The first-order valence-electron chi connectivity index (χ1n) is 6.94. The van der Waals surface area contributed by atoms with Gasteiger partial charge in [0.2, 0.25) is 5.91 Å². The van der Waals surface area contributed by atoms with Gasteiger partial charge < -0.3 is 15.7 Å². The van der Waals surface area contributed by atoms with E-state index in [1.807, 2.05) is 6.07 Å². The molecule has 2 atom stereocenters. The molecular formula is C15H20N2O3. The maximum absolute atomic E-state index is 12.0. The van der Waals surface area contributed by atoms with Crippen molar-refractivity contribution in [1.29, 1.82) is 0 Å². The predicted molar refractivity (Wildman–Crippen MR) is 75.2 cm³/mol. The number of carboxylic acids is 1. The van der Waals surface area contributed by atoms with E-state index < -0.39 is 12.0 Å². The zero-order valence-corrected chi connectivity index (χ0v) is 11.3. The van der Waals surface area contributed by atoms with Crippen molar-refractivity contribution in [3.05, 3.63) is 35.9 Å². The molecule has 5 nitrogen and oxygen atoms in total. The molecule has 1 aliphatic rings. The molecule has 0 saturated carbocycles. The summed E-state index contributed by atoms with van der Waals surface area (Å²) < 4.78 is 0. The normalized spacial score (nSPS) is 20.1. The number of hydrogen-bond acceptors (Lipinski definition) is 3. The molecule has 2 rings (SSSR count). The quantitative estimate of drug-likeness (QED) is 0.758. The highest BCUT2D eigenvalue weighted by Gasteiger charge is 2.24. The van der Waals surface area contributed by atoms with Gasteiger partial charge in [0.05, 0.1) is 0 Å². The van der Waals surface area contributed by atoms with Gasteiger partial charge in [-0.1, -0.05) is 30.3 Å². The summed E-state index contributed by atoms with van der Waals surface area (Å²) in [6.07, 6.45) is 2.46. The summed E-state index contributed by atoms with van der Waals surface area (Å²) in [5, 5.41) is 15.1. The van der Waals surface area contributed by atoms with Crippen LogP contribution in [0.1, 0.15) is 30.9 Å². The molecule has 1 saturated heterocycles. The van der Waals surface area contributed by atoms with Crippen LogP contribution in [0.3, 0.4) is 0 Å². The second-order valence-electron chi connectivity index (χ2n) is 5.17. The van der Waals surface area contributed by atoms with Crippen LogP contribution in [-0.4, -0.2) is 30.1 Å². The van der Waals surface area contributed by atoms with Gasteiger partial charge in [0.15, 0.2) is 6.04 Å². The van der Waals surface area contributed by atoms with Gasteiger partial charge in [-0.15, -0.1) is 0 Å². The third kappa shape index (κ3) is 4.06. The number of nitrogens with one attached hydrogen (secondary N) is 2. The number of rotatable bonds is 5. The summed E-state index contributed by atoms with van der Waals surface area (Å²) in [7, 11) is 0. The lowest BCUT2D eigenvalue weighted by molar-refractivity contribution is -0.142. The summed E-state index contributed by atoms with van der Waals surface area (Å²) in [6.45, 7) is 1.83. The largest absolute Gasteiger partial charge is 0.479 e. The van der Waals surface area contributed by atoms with E-state index in [0.29, 0.717) is 17.9 Å². The van der Waals surface area contributed by atoms with Gasteiger partial charge in [0, 0.05) is 6.42 Å². The second-order valence-corrected chi connectivity index (χ2v) is 5.17. The zero-order chi connectivity index (χ0) is 14.4. The van der Waals surface area contributed by atoms with Crippen LogP contribution in [0.5, 0.6) is 0 Å². The molecule has 1 fully saturated rings. The van der Waals surface area contributed by atoms with Crippen LogP contribution >= 0.6 is 0 Å². The Labute approximate surface area is 118 Å². The zero-order valence-electron chi connectivity index (χ0n) is 11.3. The van der Waals surface area contributed by atoms with E-state index in [-0.39, 0.29) is 5.91 Å². The molecule has 3 N–H and O–H groups in total. The summed E-state index contributed by atoms with van der Waals surface area (Å²) in [5.41, 5.74) is 0.593. The molecule has 5 heteroatoms. The predicted octanol–water partition coefficient (Wildman–Crippen LogP) is 1.32. The van der Waals surface area contributed by atoms with Crippen LogP contribution in [0.15, 0.2) is 30.3 Å². The smallest absolute Gasteiger partial charge is 0.330 e. The third-order valence-electron chi connectivity index (χ3n) is 3.56. The molecule has 1 heterocycles. The fourth-order valence-electron chi connectivity index (χ4n) is 2.51. The number of amides is 1. The lowest BCUT2D eigenvalue weighted by atomic mass is 9.95. The van der Waals surface area contributed by atoms with E-state index in [1.54, 1.807) is 24.3 Å². The Balaban J connectivity index is 1.94. The van der Waals surface area contributed by atoms with Crippen LogP contribution in [0.2, 0.25) is 0 Å². The highest BCUT2D eigenvalue weighted by atomic mass is 16.4. The van der Waals surface area contributed by atoms with Gasteiger partial charge >= 0.3 is 5.97 Å².